The monoisotopic (exact) mass is 260 g/mol. The van der Waals surface area contributed by atoms with Crippen molar-refractivity contribution < 1.29 is 10.2 Å². The summed E-state index contributed by atoms with van der Waals surface area (Å²) in [6.07, 6.45) is 0.754. The molecule has 2 heterocycles. The lowest BCUT2D eigenvalue weighted by Crippen LogP contribution is -2.24. The first kappa shape index (κ1) is 12.3. The average Bonchev–Trinajstić information content (AvgIpc) is 2.75. The summed E-state index contributed by atoms with van der Waals surface area (Å²) in [6.45, 7) is 4.07. The first-order valence-corrected chi connectivity index (χ1v) is 7.09. The molecule has 0 bridgehead atoms. The number of aliphatic hydroxyl groups excluding tert-OH is 2. The van der Waals surface area contributed by atoms with Crippen LogP contribution in [0.4, 0.5) is 0 Å². The Morgan fingerprint density at radius 3 is 2.75 bits per heavy atom. The first-order chi connectivity index (χ1) is 7.65. The maximum absolute atomic E-state index is 9.38. The lowest BCUT2D eigenvalue weighted by atomic mass is 10.3. The molecule has 0 spiro atoms. The van der Waals surface area contributed by atoms with Gasteiger partial charge in [-0.2, -0.15) is 0 Å². The Balaban J connectivity index is 1.69. The van der Waals surface area contributed by atoms with Gasteiger partial charge in [0.25, 0.3) is 0 Å². The van der Waals surface area contributed by atoms with Gasteiger partial charge >= 0.3 is 0 Å². The highest BCUT2D eigenvalue weighted by atomic mass is 32.2. The van der Waals surface area contributed by atoms with Gasteiger partial charge in [-0.15, -0.1) is 23.1 Å². The molecule has 2 atom stereocenters. The summed E-state index contributed by atoms with van der Waals surface area (Å²) in [4.78, 5) is 6.29. The van der Waals surface area contributed by atoms with Crippen LogP contribution in [-0.4, -0.2) is 57.7 Å². The highest BCUT2D eigenvalue weighted by Crippen LogP contribution is 2.24. The molecule has 0 saturated carbocycles. The second-order valence-electron chi connectivity index (χ2n) is 3.94. The second-order valence-corrected chi connectivity index (χ2v) is 6.57. The maximum atomic E-state index is 9.38. The molecule has 1 aromatic heterocycles. The molecule has 0 unspecified atom stereocenters. The van der Waals surface area contributed by atoms with Gasteiger partial charge in [0.2, 0.25) is 0 Å². The Bertz CT molecular complexity index is 335. The third-order valence-electron chi connectivity index (χ3n) is 2.59. The van der Waals surface area contributed by atoms with Gasteiger partial charge in [0, 0.05) is 25.4 Å². The van der Waals surface area contributed by atoms with Crippen LogP contribution in [0.15, 0.2) is 10.4 Å². The van der Waals surface area contributed by atoms with E-state index in [2.05, 4.69) is 9.88 Å². The van der Waals surface area contributed by atoms with E-state index in [4.69, 9.17) is 0 Å². The van der Waals surface area contributed by atoms with Gasteiger partial charge in [0.05, 0.1) is 27.6 Å². The minimum Gasteiger partial charge on any atom is -0.389 e. The molecule has 1 fully saturated rings. The quantitative estimate of drug-likeness (QED) is 0.776. The number of hydrogen-bond acceptors (Lipinski definition) is 6. The molecular weight excluding hydrogens is 244 g/mol. The van der Waals surface area contributed by atoms with Gasteiger partial charge in [0.1, 0.15) is 0 Å². The molecule has 2 rings (SSSR count). The van der Waals surface area contributed by atoms with Crippen molar-refractivity contribution in [3.05, 3.63) is 11.2 Å². The second kappa shape index (κ2) is 5.46. The first-order valence-electron chi connectivity index (χ1n) is 5.29. The van der Waals surface area contributed by atoms with Gasteiger partial charge in [0.15, 0.2) is 0 Å². The van der Waals surface area contributed by atoms with Crippen LogP contribution >= 0.6 is 23.1 Å². The van der Waals surface area contributed by atoms with Gasteiger partial charge in [-0.05, 0) is 6.92 Å². The molecule has 0 aromatic carbocycles. The van der Waals surface area contributed by atoms with E-state index in [1.165, 1.54) is 4.21 Å². The van der Waals surface area contributed by atoms with E-state index in [0.717, 1.165) is 17.3 Å². The predicted molar refractivity (Wildman–Crippen MR) is 66.0 cm³/mol. The van der Waals surface area contributed by atoms with Crippen LogP contribution in [0.5, 0.6) is 0 Å². The van der Waals surface area contributed by atoms with Crippen molar-refractivity contribution >= 4 is 23.1 Å². The van der Waals surface area contributed by atoms with E-state index >= 15 is 0 Å². The molecular formula is C10H16N2O2S2. The van der Waals surface area contributed by atoms with Crippen molar-refractivity contribution in [3.63, 3.8) is 0 Å². The van der Waals surface area contributed by atoms with E-state index in [9.17, 15) is 10.2 Å². The van der Waals surface area contributed by atoms with Gasteiger partial charge in [-0.1, -0.05) is 0 Å². The zero-order valence-electron chi connectivity index (χ0n) is 9.17. The predicted octanol–water partition coefficient (Wildman–Crippen LogP) is 0.581. The molecule has 2 N–H and O–H groups in total. The number of thioether (sulfide) groups is 1. The lowest BCUT2D eigenvalue weighted by molar-refractivity contribution is 0.0572. The summed E-state index contributed by atoms with van der Waals surface area (Å²) in [7, 11) is 0. The summed E-state index contributed by atoms with van der Waals surface area (Å²) in [5, 5.41) is 19.9. The molecule has 1 aliphatic heterocycles. The van der Waals surface area contributed by atoms with Crippen molar-refractivity contribution in [2.24, 2.45) is 0 Å². The van der Waals surface area contributed by atoms with Crippen molar-refractivity contribution in [2.75, 3.05) is 25.4 Å². The normalized spacial score (nSPS) is 26.4. The van der Waals surface area contributed by atoms with Crippen molar-refractivity contribution in [3.8, 4) is 0 Å². The smallest absolute Gasteiger partial charge is 0.0938 e. The van der Waals surface area contributed by atoms with Crippen LogP contribution in [0, 0.1) is 6.92 Å². The van der Waals surface area contributed by atoms with E-state index in [1.54, 1.807) is 23.1 Å². The van der Waals surface area contributed by atoms with Crippen LogP contribution in [0.2, 0.25) is 0 Å². The Morgan fingerprint density at radius 1 is 1.50 bits per heavy atom. The summed E-state index contributed by atoms with van der Waals surface area (Å²) < 4.78 is 1.23. The number of thiazole rings is 1. The van der Waals surface area contributed by atoms with E-state index < -0.39 is 12.2 Å². The van der Waals surface area contributed by atoms with Crippen LogP contribution in [0.25, 0.3) is 0 Å². The Labute approximate surface area is 103 Å². The average molecular weight is 260 g/mol. The Kier molecular flexibility index (Phi) is 4.21. The topological polar surface area (TPSA) is 56.6 Å². The number of likely N-dealkylation sites (tertiary alicyclic amines) is 1. The third-order valence-corrected chi connectivity index (χ3v) is 4.67. The maximum Gasteiger partial charge on any atom is 0.0938 e. The number of β-amino-alcohol motifs (C(OH)–C–C–N with tert-alkyl or cyclic N) is 2. The molecule has 6 heteroatoms. The summed E-state index contributed by atoms with van der Waals surface area (Å²) in [5.41, 5.74) is 0. The molecule has 90 valence electrons. The van der Waals surface area contributed by atoms with Gasteiger partial charge < -0.3 is 10.2 Å². The van der Waals surface area contributed by atoms with Crippen LogP contribution in [0.1, 0.15) is 5.01 Å². The minimum atomic E-state index is -0.573. The number of aromatic nitrogens is 1. The summed E-state index contributed by atoms with van der Waals surface area (Å²) >= 11 is 3.49. The van der Waals surface area contributed by atoms with Crippen LogP contribution in [0.3, 0.4) is 0 Å². The van der Waals surface area contributed by atoms with E-state index in [1.807, 2.05) is 13.1 Å². The molecule has 16 heavy (non-hydrogen) atoms. The van der Waals surface area contributed by atoms with Crippen molar-refractivity contribution in [1.82, 2.24) is 9.88 Å². The van der Waals surface area contributed by atoms with Gasteiger partial charge in [-0.3, -0.25) is 4.90 Å². The number of aryl methyl sites for hydroxylation is 1. The van der Waals surface area contributed by atoms with Crippen LogP contribution in [-0.2, 0) is 0 Å². The fourth-order valence-electron chi connectivity index (χ4n) is 1.71. The van der Waals surface area contributed by atoms with Crippen LogP contribution < -0.4 is 0 Å². The molecule has 0 aliphatic carbocycles. The van der Waals surface area contributed by atoms with E-state index in [-0.39, 0.29) is 0 Å². The fourth-order valence-corrected chi connectivity index (χ4v) is 3.74. The fraction of sp³-hybridized carbons (Fsp3) is 0.700. The summed E-state index contributed by atoms with van der Waals surface area (Å²) in [6, 6.07) is 0. The zero-order chi connectivity index (χ0) is 11.5. The number of nitrogens with zero attached hydrogens (tertiary/aromatic N) is 2. The Hall–Kier alpha value is -0.140. The van der Waals surface area contributed by atoms with Crippen molar-refractivity contribution in [1.29, 1.82) is 0 Å². The molecule has 1 saturated heterocycles. The largest absolute Gasteiger partial charge is 0.389 e. The summed E-state index contributed by atoms with van der Waals surface area (Å²) in [5.74, 6) is 0.973. The zero-order valence-corrected chi connectivity index (χ0v) is 10.8. The molecule has 1 aliphatic rings. The SMILES string of the molecule is Cc1ncc(SCCN2C[C@@H](O)[C@@H](O)C2)s1. The molecule has 0 amide bonds. The highest BCUT2D eigenvalue weighted by Gasteiger charge is 2.28. The number of rotatable bonds is 4. The molecule has 1 aromatic rings. The van der Waals surface area contributed by atoms with Crippen molar-refractivity contribution in [2.45, 2.75) is 23.3 Å². The Morgan fingerprint density at radius 2 is 2.19 bits per heavy atom. The standard InChI is InChI=1S/C10H16N2O2S2/c1-7-11-4-10(16-7)15-3-2-12-5-8(13)9(14)6-12/h4,8-9,13-14H,2-3,5-6H2,1H3/t8-,9+. The minimum absolute atomic E-state index is 0.573. The lowest BCUT2D eigenvalue weighted by Gasteiger charge is -2.13. The number of hydrogen-bond donors (Lipinski definition) is 2. The number of aliphatic hydroxyl groups is 2. The van der Waals surface area contributed by atoms with Gasteiger partial charge in [-0.25, -0.2) is 4.98 Å². The van der Waals surface area contributed by atoms with E-state index in [0.29, 0.717) is 13.1 Å². The molecule has 0 radical (unpaired) electrons. The molecule has 4 nitrogen and oxygen atoms in total. The third kappa shape index (κ3) is 3.18. The highest BCUT2D eigenvalue weighted by molar-refractivity contribution is 8.01.